The molecule has 0 spiro atoms. The highest BCUT2D eigenvalue weighted by Crippen LogP contribution is 2.30. The Bertz CT molecular complexity index is 502. The molecule has 20 heavy (non-hydrogen) atoms. The normalized spacial score (nSPS) is 22.9. The van der Waals surface area contributed by atoms with Crippen LogP contribution in [0.25, 0.3) is 0 Å². The van der Waals surface area contributed by atoms with Crippen molar-refractivity contribution in [3.63, 3.8) is 0 Å². The standard InChI is InChI=1S/C15H20N2O3/c1-11-5-3-2-4-6-13(11)16-14-8-7-12(10-18)9-15(14)17(19)20/h7-11,13,16H,2-6H2,1H3. The number of nitro benzene ring substituents is 1. The van der Waals surface area contributed by atoms with Crippen molar-refractivity contribution in [2.75, 3.05) is 5.32 Å². The largest absolute Gasteiger partial charge is 0.376 e. The summed E-state index contributed by atoms with van der Waals surface area (Å²) in [7, 11) is 0. The number of rotatable bonds is 4. The molecule has 1 aliphatic carbocycles. The molecular weight excluding hydrogens is 256 g/mol. The third-order valence-corrected chi connectivity index (χ3v) is 4.06. The molecule has 2 unspecified atom stereocenters. The van der Waals surface area contributed by atoms with Crippen LogP contribution in [0.5, 0.6) is 0 Å². The van der Waals surface area contributed by atoms with Gasteiger partial charge in [0.25, 0.3) is 5.69 Å². The van der Waals surface area contributed by atoms with Gasteiger partial charge in [-0.2, -0.15) is 0 Å². The Balaban J connectivity index is 2.23. The SMILES string of the molecule is CC1CCCCCC1Nc1ccc(C=O)cc1[N+](=O)[O-]. The molecule has 0 bridgehead atoms. The Morgan fingerprint density at radius 3 is 2.75 bits per heavy atom. The summed E-state index contributed by atoms with van der Waals surface area (Å²) in [6.45, 7) is 2.19. The third-order valence-electron chi connectivity index (χ3n) is 4.06. The predicted octanol–water partition coefficient (Wildman–Crippen LogP) is 3.79. The zero-order chi connectivity index (χ0) is 14.5. The molecule has 0 amide bonds. The Kier molecular flexibility index (Phi) is 4.71. The van der Waals surface area contributed by atoms with E-state index in [9.17, 15) is 14.9 Å². The number of carbonyl (C=O) groups is 1. The lowest BCUT2D eigenvalue weighted by Crippen LogP contribution is -2.26. The first-order chi connectivity index (χ1) is 9.61. The van der Waals surface area contributed by atoms with Gasteiger partial charge in [0.2, 0.25) is 0 Å². The second-order valence-corrected chi connectivity index (χ2v) is 5.52. The van der Waals surface area contributed by atoms with Gasteiger partial charge in [-0.25, -0.2) is 0 Å². The summed E-state index contributed by atoms with van der Waals surface area (Å²) < 4.78 is 0. The molecule has 0 radical (unpaired) electrons. The molecule has 1 aromatic carbocycles. The molecule has 1 aliphatic rings. The first-order valence-electron chi connectivity index (χ1n) is 7.12. The van der Waals surface area contributed by atoms with Crippen molar-refractivity contribution >= 4 is 17.7 Å². The van der Waals surface area contributed by atoms with Crippen molar-refractivity contribution in [1.82, 2.24) is 0 Å². The fraction of sp³-hybridized carbons (Fsp3) is 0.533. The number of nitrogens with one attached hydrogen (secondary N) is 1. The highest BCUT2D eigenvalue weighted by molar-refractivity contribution is 5.79. The molecule has 0 heterocycles. The van der Waals surface area contributed by atoms with Gasteiger partial charge >= 0.3 is 0 Å². The van der Waals surface area contributed by atoms with Crippen LogP contribution in [0, 0.1) is 16.0 Å². The van der Waals surface area contributed by atoms with E-state index in [1.165, 1.54) is 18.9 Å². The Labute approximate surface area is 118 Å². The molecule has 108 valence electrons. The van der Waals surface area contributed by atoms with Gasteiger partial charge in [-0.1, -0.05) is 26.2 Å². The average Bonchev–Trinajstić information content (AvgIpc) is 2.64. The first kappa shape index (κ1) is 14.5. The Morgan fingerprint density at radius 2 is 2.05 bits per heavy atom. The molecule has 0 saturated heterocycles. The number of anilines is 1. The van der Waals surface area contributed by atoms with Crippen molar-refractivity contribution in [2.24, 2.45) is 5.92 Å². The predicted molar refractivity (Wildman–Crippen MR) is 78.1 cm³/mol. The fourth-order valence-electron chi connectivity index (χ4n) is 2.80. The molecule has 2 rings (SSSR count). The van der Waals surface area contributed by atoms with E-state index in [4.69, 9.17) is 0 Å². The second-order valence-electron chi connectivity index (χ2n) is 5.52. The van der Waals surface area contributed by atoms with Crippen molar-refractivity contribution in [2.45, 2.75) is 45.1 Å². The Morgan fingerprint density at radius 1 is 1.30 bits per heavy atom. The molecule has 0 aliphatic heterocycles. The van der Waals surface area contributed by atoms with Gasteiger partial charge in [-0.15, -0.1) is 0 Å². The van der Waals surface area contributed by atoms with E-state index in [0.29, 0.717) is 23.5 Å². The second kappa shape index (κ2) is 6.50. The van der Waals surface area contributed by atoms with E-state index in [2.05, 4.69) is 12.2 Å². The lowest BCUT2D eigenvalue weighted by molar-refractivity contribution is -0.384. The highest BCUT2D eigenvalue weighted by atomic mass is 16.6. The van der Waals surface area contributed by atoms with Gasteiger partial charge < -0.3 is 5.32 Å². The number of nitrogens with zero attached hydrogens (tertiary/aromatic N) is 1. The van der Waals surface area contributed by atoms with Crippen molar-refractivity contribution in [3.8, 4) is 0 Å². The minimum absolute atomic E-state index is 0.0222. The van der Waals surface area contributed by atoms with E-state index in [0.717, 1.165) is 19.3 Å². The van der Waals surface area contributed by atoms with Crippen molar-refractivity contribution in [1.29, 1.82) is 0 Å². The maximum absolute atomic E-state index is 11.1. The quantitative estimate of drug-likeness (QED) is 0.393. The molecule has 2 atom stereocenters. The smallest absolute Gasteiger partial charge is 0.293 e. The van der Waals surface area contributed by atoms with Crippen LogP contribution in [0.4, 0.5) is 11.4 Å². The van der Waals surface area contributed by atoms with E-state index in [1.807, 2.05) is 0 Å². The average molecular weight is 276 g/mol. The maximum atomic E-state index is 11.1. The van der Waals surface area contributed by atoms with Crippen LogP contribution in [-0.2, 0) is 0 Å². The zero-order valence-electron chi connectivity index (χ0n) is 11.7. The van der Waals surface area contributed by atoms with Gasteiger partial charge in [0, 0.05) is 17.7 Å². The fourth-order valence-corrected chi connectivity index (χ4v) is 2.80. The number of hydrogen-bond acceptors (Lipinski definition) is 4. The van der Waals surface area contributed by atoms with Crippen LogP contribution < -0.4 is 5.32 Å². The van der Waals surface area contributed by atoms with Gasteiger partial charge in [-0.05, 0) is 30.9 Å². The number of benzene rings is 1. The van der Waals surface area contributed by atoms with Crippen molar-refractivity contribution < 1.29 is 9.72 Å². The maximum Gasteiger partial charge on any atom is 0.293 e. The number of aldehydes is 1. The lowest BCUT2D eigenvalue weighted by Gasteiger charge is -2.23. The van der Waals surface area contributed by atoms with E-state index < -0.39 is 4.92 Å². The number of nitro groups is 1. The molecule has 5 nitrogen and oxygen atoms in total. The molecular formula is C15H20N2O3. The monoisotopic (exact) mass is 276 g/mol. The molecule has 1 aromatic rings. The zero-order valence-corrected chi connectivity index (χ0v) is 11.7. The summed E-state index contributed by atoms with van der Waals surface area (Å²) in [5, 5.41) is 14.4. The van der Waals surface area contributed by atoms with Crippen LogP contribution in [0.2, 0.25) is 0 Å². The van der Waals surface area contributed by atoms with Crippen LogP contribution in [0.15, 0.2) is 18.2 Å². The summed E-state index contributed by atoms with van der Waals surface area (Å²) in [6.07, 6.45) is 6.43. The first-order valence-corrected chi connectivity index (χ1v) is 7.12. The molecule has 1 fully saturated rings. The van der Waals surface area contributed by atoms with E-state index >= 15 is 0 Å². The van der Waals surface area contributed by atoms with Gasteiger partial charge in [0.1, 0.15) is 12.0 Å². The van der Waals surface area contributed by atoms with Crippen LogP contribution in [-0.4, -0.2) is 17.3 Å². The number of carbonyl (C=O) groups excluding carboxylic acids is 1. The molecule has 1 N–H and O–H groups in total. The Hall–Kier alpha value is -1.91. The summed E-state index contributed by atoms with van der Waals surface area (Å²) in [5.74, 6) is 0.503. The number of hydrogen-bond donors (Lipinski definition) is 1. The molecule has 5 heteroatoms. The van der Waals surface area contributed by atoms with Gasteiger partial charge in [0.15, 0.2) is 0 Å². The molecule has 0 aromatic heterocycles. The van der Waals surface area contributed by atoms with Crippen LogP contribution >= 0.6 is 0 Å². The third kappa shape index (κ3) is 3.35. The summed E-state index contributed by atoms with van der Waals surface area (Å²) in [4.78, 5) is 21.4. The molecule has 1 saturated carbocycles. The van der Waals surface area contributed by atoms with E-state index in [1.54, 1.807) is 12.1 Å². The topological polar surface area (TPSA) is 72.2 Å². The highest BCUT2D eigenvalue weighted by Gasteiger charge is 2.23. The van der Waals surface area contributed by atoms with Gasteiger partial charge in [-0.3, -0.25) is 14.9 Å². The minimum Gasteiger partial charge on any atom is -0.376 e. The van der Waals surface area contributed by atoms with E-state index in [-0.39, 0.29) is 11.7 Å². The van der Waals surface area contributed by atoms with Crippen molar-refractivity contribution in [3.05, 3.63) is 33.9 Å². The summed E-state index contributed by atoms with van der Waals surface area (Å²) in [5.41, 5.74) is 0.821. The minimum atomic E-state index is -0.434. The van der Waals surface area contributed by atoms with Gasteiger partial charge in [0.05, 0.1) is 4.92 Å². The summed E-state index contributed by atoms with van der Waals surface area (Å²) >= 11 is 0. The lowest BCUT2D eigenvalue weighted by atomic mass is 9.96. The van der Waals surface area contributed by atoms with Crippen LogP contribution in [0.3, 0.4) is 0 Å². The van der Waals surface area contributed by atoms with Crippen LogP contribution in [0.1, 0.15) is 49.4 Å². The summed E-state index contributed by atoms with van der Waals surface area (Å²) in [6, 6.07) is 4.85.